The summed E-state index contributed by atoms with van der Waals surface area (Å²) in [6, 6.07) is 3.96. The van der Waals surface area contributed by atoms with E-state index in [1.54, 1.807) is 6.92 Å². The summed E-state index contributed by atoms with van der Waals surface area (Å²) in [4.78, 5) is 11.8. The van der Waals surface area contributed by atoms with Gasteiger partial charge in [0.1, 0.15) is 5.75 Å². The minimum atomic E-state index is -3.87. The lowest BCUT2D eigenvalue weighted by Gasteiger charge is -2.11. The molecule has 0 unspecified atom stereocenters. The zero-order valence-corrected chi connectivity index (χ0v) is 12.3. The van der Waals surface area contributed by atoms with Gasteiger partial charge in [-0.25, -0.2) is 8.42 Å². The van der Waals surface area contributed by atoms with Gasteiger partial charge >= 0.3 is 0 Å². The predicted octanol–water partition coefficient (Wildman–Crippen LogP) is 2.15. The van der Waals surface area contributed by atoms with E-state index >= 15 is 0 Å². The number of rotatable bonds is 6. The number of amides is 1. The third-order valence-electron chi connectivity index (χ3n) is 2.31. The smallest absolute Gasteiger partial charge is 0.261 e. The van der Waals surface area contributed by atoms with Crippen molar-refractivity contribution in [2.75, 3.05) is 13.2 Å². The summed E-state index contributed by atoms with van der Waals surface area (Å²) in [6.45, 7) is 4.58. The molecule has 0 saturated carbocycles. The van der Waals surface area contributed by atoms with Crippen molar-refractivity contribution in [1.82, 2.24) is 5.32 Å². The fourth-order valence-corrected chi connectivity index (χ4v) is 2.23. The molecule has 0 spiro atoms. The summed E-state index contributed by atoms with van der Waals surface area (Å²) in [7, 11) is 1.39. The Balaban J connectivity index is 3.19. The van der Waals surface area contributed by atoms with E-state index in [2.05, 4.69) is 5.32 Å². The maximum atomic E-state index is 11.9. The Morgan fingerprint density at radius 1 is 1.37 bits per heavy atom. The number of benzene rings is 1. The monoisotopic (exact) mass is 305 g/mol. The van der Waals surface area contributed by atoms with Gasteiger partial charge in [0.05, 0.1) is 17.1 Å². The highest BCUT2D eigenvalue weighted by Gasteiger charge is 2.18. The standard InChI is InChI=1S/C12H16ClNO4S/c1-3-7-14-12(15)10-8-9(19(13,16)17)5-6-11(10)18-4-2/h5-6,8H,3-4,7H2,1-2H3,(H,14,15). The average Bonchev–Trinajstić information content (AvgIpc) is 2.35. The van der Waals surface area contributed by atoms with E-state index < -0.39 is 9.05 Å². The fourth-order valence-electron chi connectivity index (χ4n) is 1.45. The van der Waals surface area contributed by atoms with Gasteiger partial charge in [0, 0.05) is 17.2 Å². The van der Waals surface area contributed by atoms with E-state index in [0.717, 1.165) is 6.42 Å². The number of halogens is 1. The van der Waals surface area contributed by atoms with Crippen LogP contribution in [0.15, 0.2) is 23.1 Å². The largest absolute Gasteiger partial charge is 0.493 e. The molecule has 0 aliphatic rings. The van der Waals surface area contributed by atoms with Crippen LogP contribution in [0.3, 0.4) is 0 Å². The second-order valence-electron chi connectivity index (χ2n) is 3.78. The van der Waals surface area contributed by atoms with Crippen LogP contribution in [0.25, 0.3) is 0 Å². The molecule has 0 aromatic heterocycles. The van der Waals surface area contributed by atoms with Gasteiger partial charge < -0.3 is 10.1 Å². The van der Waals surface area contributed by atoms with Crippen molar-refractivity contribution < 1.29 is 17.9 Å². The molecule has 1 N–H and O–H groups in total. The van der Waals surface area contributed by atoms with Crippen molar-refractivity contribution in [3.05, 3.63) is 23.8 Å². The zero-order chi connectivity index (χ0) is 14.5. The zero-order valence-electron chi connectivity index (χ0n) is 10.8. The van der Waals surface area contributed by atoms with Crippen LogP contribution in [0.4, 0.5) is 0 Å². The Kier molecular flexibility index (Phi) is 5.62. The minimum absolute atomic E-state index is 0.126. The van der Waals surface area contributed by atoms with Gasteiger partial charge in [0.2, 0.25) is 0 Å². The van der Waals surface area contributed by atoms with E-state index in [-0.39, 0.29) is 16.4 Å². The number of carbonyl (C=O) groups excluding carboxylic acids is 1. The number of carbonyl (C=O) groups is 1. The van der Waals surface area contributed by atoms with Gasteiger partial charge in [-0.2, -0.15) is 0 Å². The molecule has 0 saturated heterocycles. The van der Waals surface area contributed by atoms with Crippen molar-refractivity contribution in [3.63, 3.8) is 0 Å². The highest BCUT2D eigenvalue weighted by atomic mass is 35.7. The molecule has 0 aliphatic heterocycles. The number of hydrogen-bond acceptors (Lipinski definition) is 4. The highest BCUT2D eigenvalue weighted by molar-refractivity contribution is 8.13. The molecule has 0 bridgehead atoms. The number of ether oxygens (including phenoxy) is 1. The maximum absolute atomic E-state index is 11.9. The summed E-state index contributed by atoms with van der Waals surface area (Å²) in [5, 5.41) is 2.67. The van der Waals surface area contributed by atoms with Gasteiger partial charge in [-0.3, -0.25) is 4.79 Å². The lowest BCUT2D eigenvalue weighted by molar-refractivity contribution is 0.0949. The summed E-state index contributed by atoms with van der Waals surface area (Å²) < 4.78 is 27.9. The summed E-state index contributed by atoms with van der Waals surface area (Å²) in [5.41, 5.74) is 0.164. The molecule has 1 aromatic carbocycles. The molecule has 0 atom stereocenters. The molecule has 1 aromatic rings. The van der Waals surface area contributed by atoms with Crippen LogP contribution >= 0.6 is 10.7 Å². The van der Waals surface area contributed by atoms with E-state index in [9.17, 15) is 13.2 Å². The predicted molar refractivity (Wildman–Crippen MR) is 73.3 cm³/mol. The first-order valence-corrected chi connectivity index (χ1v) is 8.20. The Bertz CT molecular complexity index is 557. The summed E-state index contributed by atoms with van der Waals surface area (Å²) in [5.74, 6) is -0.0485. The SMILES string of the molecule is CCCNC(=O)c1cc(S(=O)(=O)Cl)ccc1OCC. The lowest BCUT2D eigenvalue weighted by Crippen LogP contribution is -2.24. The second-order valence-corrected chi connectivity index (χ2v) is 6.35. The van der Waals surface area contributed by atoms with Gasteiger partial charge in [-0.1, -0.05) is 6.92 Å². The maximum Gasteiger partial charge on any atom is 0.261 e. The minimum Gasteiger partial charge on any atom is -0.493 e. The molecule has 0 aliphatic carbocycles. The summed E-state index contributed by atoms with van der Waals surface area (Å²) >= 11 is 0. The van der Waals surface area contributed by atoms with Gasteiger partial charge in [0.15, 0.2) is 0 Å². The summed E-state index contributed by atoms with van der Waals surface area (Å²) in [6.07, 6.45) is 0.781. The van der Waals surface area contributed by atoms with Gasteiger partial charge in [0.25, 0.3) is 15.0 Å². The molecule has 7 heteroatoms. The van der Waals surface area contributed by atoms with Crippen LogP contribution in [0, 0.1) is 0 Å². The van der Waals surface area contributed by atoms with Crippen molar-refractivity contribution in [2.45, 2.75) is 25.2 Å². The molecule has 5 nitrogen and oxygen atoms in total. The van der Waals surface area contributed by atoms with E-state index in [0.29, 0.717) is 18.9 Å². The van der Waals surface area contributed by atoms with Crippen LogP contribution in [0.2, 0.25) is 0 Å². The van der Waals surface area contributed by atoms with Crippen molar-refractivity contribution in [1.29, 1.82) is 0 Å². The Hall–Kier alpha value is -1.27. The van der Waals surface area contributed by atoms with Crippen LogP contribution in [-0.4, -0.2) is 27.5 Å². The molecule has 0 fully saturated rings. The topological polar surface area (TPSA) is 72.5 Å². The first kappa shape index (κ1) is 15.8. The quantitative estimate of drug-likeness (QED) is 0.817. The Morgan fingerprint density at radius 3 is 2.58 bits per heavy atom. The molecule has 0 heterocycles. The van der Waals surface area contributed by atoms with Crippen LogP contribution in [0.5, 0.6) is 5.75 Å². The van der Waals surface area contributed by atoms with E-state index in [1.165, 1.54) is 18.2 Å². The second kappa shape index (κ2) is 6.77. The fraction of sp³-hybridized carbons (Fsp3) is 0.417. The molecular formula is C12H16ClNO4S. The van der Waals surface area contributed by atoms with E-state index in [1.807, 2.05) is 6.92 Å². The van der Waals surface area contributed by atoms with Crippen molar-refractivity contribution in [3.8, 4) is 5.75 Å². The Morgan fingerprint density at radius 2 is 2.05 bits per heavy atom. The number of nitrogens with one attached hydrogen (secondary N) is 1. The number of hydrogen-bond donors (Lipinski definition) is 1. The molecule has 106 valence electrons. The normalized spacial score (nSPS) is 11.1. The molecule has 19 heavy (non-hydrogen) atoms. The first-order valence-electron chi connectivity index (χ1n) is 5.89. The van der Waals surface area contributed by atoms with Crippen LogP contribution in [0.1, 0.15) is 30.6 Å². The first-order chi connectivity index (χ1) is 8.90. The van der Waals surface area contributed by atoms with Crippen LogP contribution in [-0.2, 0) is 9.05 Å². The Labute approximate surface area is 117 Å². The molecule has 1 rings (SSSR count). The van der Waals surface area contributed by atoms with Crippen molar-refractivity contribution >= 4 is 25.6 Å². The van der Waals surface area contributed by atoms with Gasteiger partial charge in [-0.15, -0.1) is 0 Å². The third-order valence-corrected chi connectivity index (χ3v) is 3.66. The molecular weight excluding hydrogens is 290 g/mol. The van der Waals surface area contributed by atoms with E-state index in [4.69, 9.17) is 15.4 Å². The highest BCUT2D eigenvalue weighted by Crippen LogP contribution is 2.24. The molecule has 1 amide bonds. The lowest BCUT2D eigenvalue weighted by atomic mass is 10.2. The van der Waals surface area contributed by atoms with Crippen molar-refractivity contribution in [2.24, 2.45) is 0 Å². The molecule has 0 radical (unpaired) electrons. The van der Waals surface area contributed by atoms with Crippen LogP contribution < -0.4 is 10.1 Å². The van der Waals surface area contributed by atoms with Gasteiger partial charge in [-0.05, 0) is 31.5 Å². The third kappa shape index (κ3) is 4.40. The average molecular weight is 306 g/mol.